The first-order valence-electron chi connectivity index (χ1n) is 6.38. The molecule has 1 aromatic rings. The smallest absolute Gasteiger partial charge is 0.0650 e. The minimum Gasteiger partial charge on any atom is -0.393 e. The van der Waals surface area contributed by atoms with Gasteiger partial charge >= 0.3 is 0 Å². The first kappa shape index (κ1) is 14.6. The van der Waals surface area contributed by atoms with Crippen LogP contribution in [-0.4, -0.2) is 33.0 Å². The van der Waals surface area contributed by atoms with E-state index >= 15 is 0 Å². The van der Waals surface area contributed by atoms with Crippen molar-refractivity contribution in [2.24, 2.45) is 0 Å². The quantitative estimate of drug-likeness (QED) is 0.727. The summed E-state index contributed by atoms with van der Waals surface area (Å²) in [6, 6.07) is 2.46. The number of hydrogen-bond acceptors (Lipinski definition) is 3. The second kappa shape index (κ2) is 7.77. The molecule has 0 fully saturated rings. The summed E-state index contributed by atoms with van der Waals surface area (Å²) in [5.41, 5.74) is 1.00. The van der Waals surface area contributed by atoms with Gasteiger partial charge in [0.1, 0.15) is 0 Å². The van der Waals surface area contributed by atoms with Crippen LogP contribution in [0.2, 0.25) is 0 Å². The summed E-state index contributed by atoms with van der Waals surface area (Å²) in [5.74, 6) is 1.12. The standard InChI is InChI=1S/C13H24N2OS/c1-4-11(2)15-8-7-12(14-15)10-13(16)6-5-9-17-3/h7-8,11,13,16H,4-6,9-10H2,1-3H3. The number of nitrogens with zero attached hydrogens (tertiary/aromatic N) is 2. The second-order valence-corrected chi connectivity index (χ2v) is 5.52. The number of aliphatic hydroxyl groups is 1. The average molecular weight is 256 g/mol. The highest BCUT2D eigenvalue weighted by molar-refractivity contribution is 7.98. The molecule has 1 aromatic heterocycles. The monoisotopic (exact) mass is 256 g/mol. The lowest BCUT2D eigenvalue weighted by Gasteiger charge is -2.10. The van der Waals surface area contributed by atoms with Crippen LogP contribution in [0.3, 0.4) is 0 Å². The molecule has 0 aliphatic heterocycles. The first-order valence-corrected chi connectivity index (χ1v) is 7.77. The molecule has 2 unspecified atom stereocenters. The highest BCUT2D eigenvalue weighted by Crippen LogP contribution is 2.12. The fourth-order valence-corrected chi connectivity index (χ4v) is 2.18. The third kappa shape index (κ3) is 5.13. The Labute approximate surface area is 109 Å². The number of aliphatic hydroxyl groups excluding tert-OH is 1. The van der Waals surface area contributed by atoms with Gasteiger partial charge in [0, 0.05) is 18.7 Å². The topological polar surface area (TPSA) is 38.0 Å². The van der Waals surface area contributed by atoms with Crippen molar-refractivity contribution in [1.82, 2.24) is 9.78 Å². The van der Waals surface area contributed by atoms with Gasteiger partial charge < -0.3 is 5.11 Å². The Balaban J connectivity index is 2.37. The van der Waals surface area contributed by atoms with Crippen molar-refractivity contribution in [1.29, 1.82) is 0 Å². The van der Waals surface area contributed by atoms with Crippen molar-refractivity contribution in [3.8, 4) is 0 Å². The molecular weight excluding hydrogens is 232 g/mol. The molecule has 1 rings (SSSR count). The van der Waals surface area contributed by atoms with Crippen LogP contribution in [0.15, 0.2) is 12.3 Å². The zero-order chi connectivity index (χ0) is 12.7. The van der Waals surface area contributed by atoms with E-state index in [2.05, 4.69) is 25.2 Å². The Morgan fingerprint density at radius 3 is 2.94 bits per heavy atom. The lowest BCUT2D eigenvalue weighted by molar-refractivity contribution is 0.162. The van der Waals surface area contributed by atoms with Crippen LogP contribution < -0.4 is 0 Å². The normalized spacial score (nSPS) is 14.8. The summed E-state index contributed by atoms with van der Waals surface area (Å²) < 4.78 is 1.99. The van der Waals surface area contributed by atoms with Crippen LogP contribution in [0.4, 0.5) is 0 Å². The van der Waals surface area contributed by atoms with E-state index in [1.165, 1.54) is 0 Å². The van der Waals surface area contributed by atoms with Gasteiger partial charge in [-0.25, -0.2) is 0 Å². The number of rotatable bonds is 8. The molecule has 0 spiro atoms. The highest BCUT2D eigenvalue weighted by atomic mass is 32.2. The zero-order valence-electron chi connectivity index (χ0n) is 11.1. The summed E-state index contributed by atoms with van der Waals surface area (Å²) >= 11 is 1.83. The lowest BCUT2D eigenvalue weighted by Crippen LogP contribution is -2.12. The second-order valence-electron chi connectivity index (χ2n) is 4.54. The molecule has 0 radical (unpaired) electrons. The molecule has 0 saturated carbocycles. The predicted octanol–water partition coefficient (Wildman–Crippen LogP) is 2.90. The molecule has 0 aliphatic carbocycles. The molecule has 17 heavy (non-hydrogen) atoms. The summed E-state index contributed by atoms with van der Waals surface area (Å²) in [6.07, 6.45) is 7.57. The SMILES string of the molecule is CCC(C)n1ccc(CC(O)CCCSC)n1. The van der Waals surface area contributed by atoms with E-state index < -0.39 is 0 Å². The summed E-state index contributed by atoms with van der Waals surface area (Å²) in [6.45, 7) is 4.31. The van der Waals surface area contributed by atoms with Crippen molar-refractivity contribution < 1.29 is 5.11 Å². The van der Waals surface area contributed by atoms with E-state index in [9.17, 15) is 5.11 Å². The molecule has 0 bridgehead atoms. The molecule has 0 saturated heterocycles. The maximum absolute atomic E-state index is 9.88. The summed E-state index contributed by atoms with van der Waals surface area (Å²) in [5, 5.41) is 14.4. The predicted molar refractivity (Wildman–Crippen MR) is 74.6 cm³/mol. The minimum atomic E-state index is -0.248. The molecule has 0 aliphatic rings. The Morgan fingerprint density at radius 2 is 2.29 bits per heavy atom. The molecule has 2 atom stereocenters. The fourth-order valence-electron chi connectivity index (χ4n) is 1.73. The fraction of sp³-hybridized carbons (Fsp3) is 0.769. The van der Waals surface area contributed by atoms with Crippen LogP contribution in [0.25, 0.3) is 0 Å². The number of thioether (sulfide) groups is 1. The van der Waals surface area contributed by atoms with Crippen molar-refractivity contribution in [3.63, 3.8) is 0 Å². The van der Waals surface area contributed by atoms with Gasteiger partial charge in [-0.1, -0.05) is 6.92 Å². The van der Waals surface area contributed by atoms with Gasteiger partial charge in [-0.05, 0) is 44.3 Å². The maximum Gasteiger partial charge on any atom is 0.0650 e. The van der Waals surface area contributed by atoms with Crippen molar-refractivity contribution in [3.05, 3.63) is 18.0 Å². The van der Waals surface area contributed by atoms with E-state index in [-0.39, 0.29) is 6.10 Å². The van der Waals surface area contributed by atoms with Crippen molar-refractivity contribution >= 4 is 11.8 Å². The zero-order valence-corrected chi connectivity index (χ0v) is 11.9. The van der Waals surface area contributed by atoms with Crippen LogP contribution in [0, 0.1) is 0 Å². The molecule has 1 heterocycles. The van der Waals surface area contributed by atoms with Crippen LogP contribution in [0.5, 0.6) is 0 Å². The van der Waals surface area contributed by atoms with Gasteiger partial charge in [0.15, 0.2) is 0 Å². The van der Waals surface area contributed by atoms with Crippen LogP contribution in [-0.2, 0) is 6.42 Å². The van der Waals surface area contributed by atoms with Crippen LogP contribution in [0.1, 0.15) is 44.8 Å². The van der Waals surface area contributed by atoms with E-state index in [4.69, 9.17) is 0 Å². The minimum absolute atomic E-state index is 0.248. The Bertz CT molecular complexity index is 314. The van der Waals surface area contributed by atoms with Gasteiger partial charge in [0.25, 0.3) is 0 Å². The number of hydrogen-bond donors (Lipinski definition) is 1. The van der Waals surface area contributed by atoms with Gasteiger partial charge in [0.2, 0.25) is 0 Å². The molecule has 0 aromatic carbocycles. The van der Waals surface area contributed by atoms with E-state index in [0.717, 1.165) is 30.7 Å². The van der Waals surface area contributed by atoms with Crippen molar-refractivity contribution in [2.45, 2.75) is 51.7 Å². The maximum atomic E-state index is 9.88. The first-order chi connectivity index (χ1) is 8.17. The molecule has 98 valence electrons. The number of aromatic nitrogens is 2. The molecule has 4 heteroatoms. The Kier molecular flexibility index (Phi) is 6.66. The third-order valence-corrected chi connectivity index (χ3v) is 3.73. The highest BCUT2D eigenvalue weighted by Gasteiger charge is 2.09. The molecule has 0 amide bonds. The molecule has 3 nitrogen and oxygen atoms in total. The van der Waals surface area contributed by atoms with Crippen LogP contribution >= 0.6 is 11.8 Å². The molecular formula is C13H24N2OS. The van der Waals surface area contributed by atoms with E-state index in [0.29, 0.717) is 12.5 Å². The van der Waals surface area contributed by atoms with E-state index in [1.807, 2.05) is 28.7 Å². The van der Waals surface area contributed by atoms with E-state index in [1.54, 1.807) is 0 Å². The van der Waals surface area contributed by atoms with Gasteiger partial charge in [0.05, 0.1) is 11.8 Å². The van der Waals surface area contributed by atoms with Gasteiger partial charge in [-0.15, -0.1) is 0 Å². The lowest BCUT2D eigenvalue weighted by atomic mass is 10.1. The third-order valence-electron chi connectivity index (χ3n) is 3.04. The molecule has 1 N–H and O–H groups in total. The van der Waals surface area contributed by atoms with Gasteiger partial charge in [-0.2, -0.15) is 16.9 Å². The summed E-state index contributed by atoms with van der Waals surface area (Å²) in [7, 11) is 0. The largest absolute Gasteiger partial charge is 0.393 e. The van der Waals surface area contributed by atoms with Gasteiger partial charge in [-0.3, -0.25) is 4.68 Å². The Hall–Kier alpha value is -0.480. The average Bonchev–Trinajstić information content (AvgIpc) is 2.77. The van der Waals surface area contributed by atoms with Crippen molar-refractivity contribution in [2.75, 3.05) is 12.0 Å². The summed E-state index contributed by atoms with van der Waals surface area (Å²) in [4.78, 5) is 0. The Morgan fingerprint density at radius 1 is 1.53 bits per heavy atom.